The number of ether oxygens (including phenoxy) is 1. The molecule has 2 heterocycles. The lowest BCUT2D eigenvalue weighted by atomic mass is 10.0. The first-order chi connectivity index (χ1) is 19.0. The summed E-state index contributed by atoms with van der Waals surface area (Å²) in [6.45, 7) is 4.18. The lowest BCUT2D eigenvalue weighted by Crippen LogP contribution is -2.49. The van der Waals surface area contributed by atoms with Crippen LogP contribution in [-0.4, -0.2) is 79.9 Å². The normalized spacial score (nSPS) is 17.1. The molecule has 0 saturated heterocycles. The van der Waals surface area contributed by atoms with Crippen LogP contribution in [0.2, 0.25) is 0 Å². The maximum atomic E-state index is 13.5. The van der Waals surface area contributed by atoms with Crippen LogP contribution in [-0.2, 0) is 35.5 Å². The molecule has 1 aromatic heterocycles. The van der Waals surface area contributed by atoms with Gasteiger partial charge in [-0.3, -0.25) is 18.5 Å². The van der Waals surface area contributed by atoms with Gasteiger partial charge in [0.15, 0.2) is 12.8 Å². The number of nitriles is 1. The fraction of sp³-hybridized carbons (Fsp3) is 0.538. The number of nitrogens with zero attached hydrogens (tertiary/aromatic N) is 4. The molecule has 1 fully saturated rings. The molecule has 1 saturated carbocycles. The zero-order valence-electron chi connectivity index (χ0n) is 22.9. The molecule has 14 heteroatoms. The van der Waals surface area contributed by atoms with Crippen molar-refractivity contribution in [2.24, 2.45) is 12.8 Å². The topological polar surface area (TPSA) is 143 Å². The molecule has 2 unspecified atom stereocenters. The molecule has 4 rings (SSSR count). The molecule has 2 amide bonds. The van der Waals surface area contributed by atoms with Crippen molar-refractivity contribution in [3.8, 4) is 6.07 Å². The minimum atomic E-state index is -1.61. The quantitative estimate of drug-likeness (QED) is 0.267. The fourth-order valence-electron chi connectivity index (χ4n) is 4.75. The van der Waals surface area contributed by atoms with E-state index < -0.39 is 26.7 Å². The zero-order chi connectivity index (χ0) is 29.7. The molecule has 0 spiro atoms. The van der Waals surface area contributed by atoms with E-state index in [0.29, 0.717) is 49.2 Å². The van der Waals surface area contributed by atoms with Crippen LogP contribution in [0.1, 0.15) is 64.4 Å². The van der Waals surface area contributed by atoms with Crippen molar-refractivity contribution in [2.45, 2.75) is 55.5 Å². The second-order valence-electron chi connectivity index (χ2n) is 10.4. The molecule has 2 aliphatic rings. The number of rotatable bonds is 11. The largest absolute Gasteiger partial charge is 0.347 e. The van der Waals surface area contributed by atoms with Crippen LogP contribution in [0.4, 0.5) is 4.39 Å². The number of halogens is 1. The minimum absolute atomic E-state index is 0.0412. The molecule has 2 aromatic rings. The second-order valence-corrected chi connectivity index (χ2v) is 12.9. The minimum Gasteiger partial charge on any atom is -0.347 e. The van der Waals surface area contributed by atoms with Gasteiger partial charge in [-0.25, -0.2) is 16.9 Å². The lowest BCUT2D eigenvalue weighted by molar-refractivity contribution is -0.0381. The second kappa shape index (κ2) is 13.3. The smallest absolute Gasteiger partial charge is 0.272 e. The Hall–Kier alpha value is -2.73. The summed E-state index contributed by atoms with van der Waals surface area (Å²) in [5, 5.41) is 16.1. The first-order valence-corrected chi connectivity index (χ1v) is 14.4. The predicted molar refractivity (Wildman–Crippen MR) is 154 cm³/mol. The lowest BCUT2D eigenvalue weighted by Gasteiger charge is -2.34. The molecule has 214 valence electrons. The maximum absolute atomic E-state index is 13.5. The first kappa shape index (κ1) is 31.8. The summed E-state index contributed by atoms with van der Waals surface area (Å²) in [6.07, 6.45) is 0.238. The van der Waals surface area contributed by atoms with Crippen molar-refractivity contribution >= 4 is 42.2 Å². The number of aromatic nitrogens is 2. The van der Waals surface area contributed by atoms with Crippen molar-refractivity contribution in [3.05, 3.63) is 52.3 Å². The fourth-order valence-corrected chi connectivity index (χ4v) is 6.85. The Bertz CT molecular complexity index is 1290. The molecule has 3 N–H and O–H groups in total. The zero-order valence-corrected chi connectivity index (χ0v) is 24.6. The van der Waals surface area contributed by atoms with Gasteiger partial charge < -0.3 is 20.7 Å². The van der Waals surface area contributed by atoms with E-state index in [4.69, 9.17) is 15.7 Å². The van der Waals surface area contributed by atoms with E-state index in [2.05, 4.69) is 36.1 Å². The molecule has 10 nitrogen and oxygen atoms in total. The number of alkyl halides is 1. The predicted octanol–water partition coefficient (Wildman–Crippen LogP) is 1.55. The monoisotopic (exact) mass is 588 g/mol. The summed E-state index contributed by atoms with van der Waals surface area (Å²) >= 11 is 3.03. The van der Waals surface area contributed by atoms with Gasteiger partial charge in [0, 0.05) is 49.6 Å². The SMILES string of the molecule is Cn1nc(C(=O)NCc2ccc(C#N)cc2)c2c1C(=O)N(CC1(S(=O)C(C)(C)COC(F)CN)CC1)CC2.[B]S. The number of carbonyl (C=O) groups is 2. The Morgan fingerprint density at radius 2 is 2.02 bits per heavy atom. The van der Waals surface area contributed by atoms with E-state index in [1.807, 2.05) is 0 Å². The molecule has 2 atom stereocenters. The van der Waals surface area contributed by atoms with Gasteiger partial charge in [0.2, 0.25) is 6.36 Å². The molecule has 2 radical (unpaired) electrons. The summed E-state index contributed by atoms with van der Waals surface area (Å²) < 4.78 is 32.2. The van der Waals surface area contributed by atoms with Crippen molar-refractivity contribution in [1.29, 1.82) is 5.26 Å². The number of aryl methyl sites for hydroxylation is 1. The third kappa shape index (κ3) is 6.94. The summed E-state index contributed by atoms with van der Waals surface area (Å²) in [6, 6.07) is 8.97. The van der Waals surface area contributed by atoms with Crippen LogP contribution in [0.3, 0.4) is 0 Å². The van der Waals surface area contributed by atoms with Gasteiger partial charge in [-0.05, 0) is 50.8 Å². The Balaban J connectivity index is 0.00000216. The molecule has 1 aliphatic carbocycles. The van der Waals surface area contributed by atoms with Crippen molar-refractivity contribution < 1.29 is 22.9 Å². The number of fused-ring (bicyclic) bond motifs is 1. The summed E-state index contributed by atoms with van der Waals surface area (Å²) in [5.74, 6) is -0.630. The van der Waals surface area contributed by atoms with E-state index in [0.717, 1.165) is 5.56 Å². The number of nitrogens with one attached hydrogen (secondary N) is 1. The van der Waals surface area contributed by atoms with Gasteiger partial charge in [-0.15, -0.1) is 0 Å². The summed E-state index contributed by atoms with van der Waals surface area (Å²) in [4.78, 5) is 28.1. The molecule has 1 aliphatic heterocycles. The van der Waals surface area contributed by atoms with E-state index in [-0.39, 0.29) is 37.2 Å². The van der Waals surface area contributed by atoms with Crippen LogP contribution in [0.25, 0.3) is 0 Å². The van der Waals surface area contributed by atoms with Crippen molar-refractivity contribution in [1.82, 2.24) is 20.0 Å². The highest BCUT2D eigenvalue weighted by Crippen LogP contribution is 2.47. The maximum Gasteiger partial charge on any atom is 0.272 e. The average molecular weight is 589 g/mol. The molecule has 40 heavy (non-hydrogen) atoms. The highest BCUT2D eigenvalue weighted by molar-refractivity contribution is 8.03. The number of amides is 2. The first-order valence-electron chi connectivity index (χ1n) is 12.8. The van der Waals surface area contributed by atoms with E-state index in [1.165, 1.54) is 4.68 Å². The Morgan fingerprint density at radius 3 is 2.60 bits per heavy atom. The number of hydrogen-bond donors (Lipinski definition) is 3. The van der Waals surface area contributed by atoms with Gasteiger partial charge >= 0.3 is 0 Å². The van der Waals surface area contributed by atoms with Gasteiger partial charge in [0.1, 0.15) is 5.69 Å². The number of benzene rings is 1. The van der Waals surface area contributed by atoms with Crippen molar-refractivity contribution in [2.75, 3.05) is 26.2 Å². The van der Waals surface area contributed by atoms with Crippen LogP contribution in [0.15, 0.2) is 24.3 Å². The third-order valence-corrected chi connectivity index (χ3v) is 9.44. The highest BCUT2D eigenvalue weighted by Gasteiger charge is 2.55. The number of carbonyl (C=O) groups excluding carboxylic acids is 2. The van der Waals surface area contributed by atoms with Crippen LogP contribution >= 0.6 is 12.5 Å². The molecular formula is C26H34BFN6O4S2. The van der Waals surface area contributed by atoms with Crippen LogP contribution in [0.5, 0.6) is 0 Å². The van der Waals surface area contributed by atoms with E-state index in [9.17, 15) is 18.2 Å². The van der Waals surface area contributed by atoms with Gasteiger partial charge in [-0.2, -0.15) is 10.4 Å². The van der Waals surface area contributed by atoms with Crippen LogP contribution < -0.4 is 11.1 Å². The Labute approximate surface area is 243 Å². The number of nitrogens with two attached hydrogens (primary N) is 1. The Morgan fingerprint density at radius 1 is 1.38 bits per heavy atom. The van der Waals surface area contributed by atoms with Gasteiger partial charge in [0.05, 0.1) is 27.7 Å². The molecule has 1 aromatic carbocycles. The number of hydrogen-bond acceptors (Lipinski definition) is 8. The van der Waals surface area contributed by atoms with Crippen molar-refractivity contribution in [3.63, 3.8) is 0 Å². The summed E-state index contributed by atoms with van der Waals surface area (Å²) in [7, 11) is 4.44. The van der Waals surface area contributed by atoms with E-state index >= 15 is 0 Å². The third-order valence-electron chi connectivity index (χ3n) is 7.00. The van der Waals surface area contributed by atoms with Gasteiger partial charge in [0.25, 0.3) is 11.8 Å². The summed E-state index contributed by atoms with van der Waals surface area (Å²) in [5.41, 5.74) is 7.82. The average Bonchev–Trinajstić information content (AvgIpc) is 3.67. The standard InChI is InChI=1S/C26H33FN6O4S.BHS/c1-25(2,16-37-20(27)13-29)38(36)26(9-10-26)15-33-11-8-19-21(31-32(3)22(19)24(33)35)23(34)30-14-18-6-4-17(12-28)5-7-18;1-2/h4-7,20H,8-11,13-16,29H2,1-3H3,(H,30,34);2H. The molecular weight excluding hydrogens is 554 g/mol. The van der Waals surface area contributed by atoms with Gasteiger partial charge in [-0.1, -0.05) is 12.1 Å². The Kier molecular flexibility index (Phi) is 10.6. The highest BCUT2D eigenvalue weighted by atomic mass is 32.2. The van der Waals surface area contributed by atoms with E-state index in [1.54, 1.807) is 50.1 Å². The van der Waals surface area contributed by atoms with Crippen LogP contribution in [0, 0.1) is 11.3 Å². The number of thiol groups is 1. The molecule has 0 bridgehead atoms.